The van der Waals surface area contributed by atoms with Crippen molar-refractivity contribution in [3.8, 4) is 0 Å². The first kappa shape index (κ1) is 26.0. The molecule has 29 heavy (non-hydrogen) atoms. The molecule has 0 bridgehead atoms. The Kier molecular flexibility index (Phi) is 15.9. The summed E-state index contributed by atoms with van der Waals surface area (Å²) < 4.78 is 33.8. The quantitative estimate of drug-likeness (QED) is 0.114. The van der Waals surface area contributed by atoms with E-state index < -0.39 is 24.4 Å². The molecule has 0 aliphatic carbocycles. The fourth-order valence-corrected chi connectivity index (χ4v) is 2.80. The van der Waals surface area contributed by atoms with E-state index in [2.05, 4.69) is 20.1 Å². The summed E-state index contributed by atoms with van der Waals surface area (Å²) in [5.41, 5.74) is 17.3. The number of alkyl halides is 2. The van der Waals surface area contributed by atoms with E-state index in [1.165, 1.54) is 0 Å². The summed E-state index contributed by atoms with van der Waals surface area (Å²) in [6, 6.07) is 0. The summed E-state index contributed by atoms with van der Waals surface area (Å²) >= 11 is 11.2. The van der Waals surface area contributed by atoms with Crippen LogP contribution in [0.4, 0.5) is 0 Å². The van der Waals surface area contributed by atoms with Gasteiger partial charge in [0.1, 0.15) is 19.0 Å². The molecule has 0 amide bonds. The van der Waals surface area contributed by atoms with Crippen LogP contribution in [0, 0.1) is 0 Å². The van der Waals surface area contributed by atoms with Gasteiger partial charge < -0.3 is 28.4 Å². The molecule has 0 N–H and O–H groups in total. The van der Waals surface area contributed by atoms with Crippen LogP contribution in [0.1, 0.15) is 0 Å². The lowest BCUT2D eigenvalue weighted by molar-refractivity contribution is -0.139. The van der Waals surface area contributed by atoms with Crippen molar-refractivity contribution in [2.24, 2.45) is 10.2 Å². The smallest absolute Gasteiger partial charge is 0.147 e. The summed E-state index contributed by atoms with van der Waals surface area (Å²) in [6.45, 7) is 1.82. The van der Waals surface area contributed by atoms with Crippen molar-refractivity contribution in [3.63, 3.8) is 0 Å². The highest BCUT2D eigenvalue weighted by Crippen LogP contribution is 2.22. The van der Waals surface area contributed by atoms with Crippen molar-refractivity contribution < 1.29 is 28.4 Å². The van der Waals surface area contributed by atoms with Crippen LogP contribution >= 0.6 is 23.2 Å². The number of nitrogens with zero attached hydrogens (tertiary/aromatic N) is 6. The normalized spacial score (nSPS) is 24.3. The highest BCUT2D eigenvalue weighted by atomic mass is 35.5. The first-order chi connectivity index (χ1) is 14.3. The van der Waals surface area contributed by atoms with Gasteiger partial charge in [-0.3, -0.25) is 0 Å². The second-order valence-electron chi connectivity index (χ2n) is 5.63. The number of halogens is 2. The monoisotopic (exact) mass is 456 g/mol. The lowest BCUT2D eigenvalue weighted by Gasteiger charge is -2.32. The van der Waals surface area contributed by atoms with E-state index in [1.807, 2.05) is 0 Å². The van der Waals surface area contributed by atoms with Crippen molar-refractivity contribution in [3.05, 3.63) is 20.9 Å². The van der Waals surface area contributed by atoms with Gasteiger partial charge in [0.15, 0.2) is 0 Å². The van der Waals surface area contributed by atoms with E-state index in [-0.39, 0.29) is 33.1 Å². The maximum absolute atomic E-state index is 8.67. The molecule has 1 saturated heterocycles. The van der Waals surface area contributed by atoms with Crippen molar-refractivity contribution in [2.75, 3.05) is 71.3 Å². The minimum absolute atomic E-state index is 0.0178. The molecule has 166 valence electrons. The van der Waals surface area contributed by atoms with Crippen molar-refractivity contribution in [1.29, 1.82) is 0 Å². The average molecular weight is 457 g/mol. The Morgan fingerprint density at radius 3 is 1.59 bits per heavy atom. The van der Waals surface area contributed by atoms with Crippen molar-refractivity contribution in [1.82, 2.24) is 0 Å². The number of azide groups is 2. The van der Waals surface area contributed by atoms with E-state index in [1.54, 1.807) is 0 Å². The fourth-order valence-electron chi connectivity index (χ4n) is 2.58. The largest absolute Gasteiger partial charge is 0.378 e. The van der Waals surface area contributed by atoms with Gasteiger partial charge in [0.25, 0.3) is 0 Å². The van der Waals surface area contributed by atoms with Crippen molar-refractivity contribution in [2.45, 2.75) is 24.4 Å². The molecule has 0 radical (unpaired) electrons. The maximum atomic E-state index is 8.67. The van der Waals surface area contributed by atoms with Crippen LogP contribution < -0.4 is 0 Å². The molecule has 1 heterocycles. The first-order valence-electron chi connectivity index (χ1n) is 9.04. The molecule has 1 fully saturated rings. The highest BCUT2D eigenvalue weighted by Gasteiger charge is 2.40. The van der Waals surface area contributed by atoms with Gasteiger partial charge in [-0.05, 0) is 11.1 Å². The van der Waals surface area contributed by atoms with Gasteiger partial charge in [-0.2, -0.15) is 0 Å². The zero-order valence-corrected chi connectivity index (χ0v) is 17.5. The summed E-state index contributed by atoms with van der Waals surface area (Å²) in [7, 11) is 0. The Morgan fingerprint density at radius 2 is 1.21 bits per heavy atom. The van der Waals surface area contributed by atoms with E-state index in [9.17, 15) is 0 Å². The summed E-state index contributed by atoms with van der Waals surface area (Å²) in [5.74, 6) is 0.754. The summed E-state index contributed by atoms with van der Waals surface area (Å²) in [6.07, 6.45) is -2.56. The average Bonchev–Trinajstić information content (AvgIpc) is 2.89. The predicted octanol–water partition coefficient (Wildman–Crippen LogP) is 2.63. The highest BCUT2D eigenvalue weighted by molar-refractivity contribution is 6.18. The number of hydrogen-bond acceptors (Lipinski definition) is 8. The Bertz CT molecular complexity index is 480. The molecule has 1 aliphatic heterocycles. The van der Waals surface area contributed by atoms with Gasteiger partial charge >= 0.3 is 0 Å². The van der Waals surface area contributed by atoms with Crippen LogP contribution in [0.2, 0.25) is 0 Å². The third-order valence-electron chi connectivity index (χ3n) is 3.79. The van der Waals surface area contributed by atoms with Gasteiger partial charge in [0.2, 0.25) is 0 Å². The van der Waals surface area contributed by atoms with E-state index in [4.69, 9.17) is 62.7 Å². The van der Waals surface area contributed by atoms with Gasteiger partial charge in [0, 0.05) is 21.6 Å². The number of hydrogen-bond donors (Lipinski definition) is 0. The Hall–Kier alpha value is -1.04. The molecule has 1 aliphatic rings. The third-order valence-corrected chi connectivity index (χ3v) is 4.10. The number of ether oxygens (including phenoxy) is 6. The molecule has 0 saturated carbocycles. The van der Waals surface area contributed by atoms with Crippen LogP contribution in [0.3, 0.4) is 0 Å². The van der Waals surface area contributed by atoms with Crippen LogP contribution in [0.15, 0.2) is 10.2 Å². The molecule has 0 aromatic carbocycles. The Morgan fingerprint density at radius 1 is 0.759 bits per heavy atom. The fraction of sp³-hybridized carbons (Fsp3) is 1.00. The molecule has 0 aromatic rings. The van der Waals surface area contributed by atoms with Crippen LogP contribution in [0.5, 0.6) is 0 Å². The first-order valence-corrected chi connectivity index (χ1v) is 10.1. The van der Waals surface area contributed by atoms with E-state index >= 15 is 0 Å². The van der Waals surface area contributed by atoms with Crippen LogP contribution in [0.25, 0.3) is 20.9 Å². The summed E-state index contributed by atoms with van der Waals surface area (Å²) in [4.78, 5) is 5.55. The molecule has 0 unspecified atom stereocenters. The summed E-state index contributed by atoms with van der Waals surface area (Å²) in [5, 5.41) is 7.16. The Balaban J connectivity index is 2.87. The van der Waals surface area contributed by atoms with Crippen LogP contribution in [-0.2, 0) is 28.4 Å². The Labute approximate surface area is 178 Å². The standard InChI is InChI=1S/C15H26Cl2N6O6/c16-1-3-24-5-7-26-14-12(9-20-22-18)28-11-29-13(10-21-23-19)15(14)27-8-6-25-4-2-17/h12-15H,1-11H2/t12-,13-,14-,15+/m0/s1. The zero-order valence-electron chi connectivity index (χ0n) is 16.0. The topological polar surface area (TPSA) is 153 Å². The van der Waals surface area contributed by atoms with Crippen molar-refractivity contribution >= 4 is 23.2 Å². The molecule has 4 atom stereocenters. The minimum atomic E-state index is -0.658. The third kappa shape index (κ3) is 11.1. The lowest BCUT2D eigenvalue weighted by atomic mass is 10.0. The number of rotatable bonds is 16. The molecule has 0 aromatic heterocycles. The lowest BCUT2D eigenvalue weighted by Crippen LogP contribution is -2.49. The van der Waals surface area contributed by atoms with E-state index in [0.717, 1.165) is 0 Å². The van der Waals surface area contributed by atoms with Crippen LogP contribution in [-0.4, -0.2) is 95.7 Å². The maximum Gasteiger partial charge on any atom is 0.147 e. The van der Waals surface area contributed by atoms with Gasteiger partial charge in [-0.1, -0.05) is 10.2 Å². The molecule has 14 heteroatoms. The van der Waals surface area contributed by atoms with E-state index in [0.29, 0.717) is 38.2 Å². The predicted molar refractivity (Wildman–Crippen MR) is 105 cm³/mol. The second kappa shape index (κ2) is 17.8. The molecule has 1 rings (SSSR count). The zero-order chi connectivity index (χ0) is 21.2. The van der Waals surface area contributed by atoms with Gasteiger partial charge in [0.05, 0.1) is 64.9 Å². The molecular weight excluding hydrogens is 431 g/mol. The SMILES string of the molecule is [N-]=[N+]=NC[C@@H]1OCO[C@@H](CN=[N+]=[N-])[C@@H](OCCOCCCl)[C@H]1OCCOCCCl. The molecular formula is C15H26Cl2N6O6. The van der Waals surface area contributed by atoms with Gasteiger partial charge in [-0.25, -0.2) is 0 Å². The minimum Gasteiger partial charge on any atom is -0.378 e. The molecule has 12 nitrogen and oxygen atoms in total. The second-order valence-corrected chi connectivity index (χ2v) is 6.38. The van der Waals surface area contributed by atoms with Gasteiger partial charge in [-0.15, -0.1) is 23.2 Å². The molecule has 0 spiro atoms.